The number of hydrogen-bond acceptors (Lipinski definition) is 9. The average molecular weight is 789 g/mol. The maximum absolute atomic E-state index is 12.2. The van der Waals surface area contributed by atoms with E-state index in [9.17, 15) is 14.4 Å². The van der Waals surface area contributed by atoms with Gasteiger partial charge >= 0.3 is 251 Å². The molecule has 0 aromatic heterocycles. The monoisotopic (exact) mass is 788 g/mol. The van der Waals surface area contributed by atoms with Gasteiger partial charge in [-0.15, -0.1) is 0 Å². The van der Waals surface area contributed by atoms with Crippen LogP contribution in [0.3, 0.4) is 0 Å². The Hall–Kier alpha value is -2.78. The Morgan fingerprint density at radius 3 is 0.925 bits per heavy atom. The van der Waals surface area contributed by atoms with Crippen molar-refractivity contribution in [3.63, 3.8) is 0 Å². The van der Waals surface area contributed by atoms with Crippen molar-refractivity contribution >= 4 is 60.8 Å². The van der Waals surface area contributed by atoms with Crippen LogP contribution in [0, 0.1) is 0 Å². The molecular weight excluding hydrogens is 762 g/mol. The van der Waals surface area contributed by atoms with E-state index in [1.165, 1.54) is 0 Å². The van der Waals surface area contributed by atoms with Crippen LogP contribution in [0.4, 0.5) is 0 Å². The van der Waals surface area contributed by atoms with Crippen molar-refractivity contribution in [3.8, 4) is 0 Å². The zero-order chi connectivity index (χ0) is 29.2. The first-order valence-corrected chi connectivity index (χ1v) is 26.9. The second-order valence-electron chi connectivity index (χ2n) is 8.35. The van der Waals surface area contributed by atoms with Gasteiger partial charge in [-0.1, -0.05) is 0 Å². The van der Waals surface area contributed by atoms with Crippen molar-refractivity contribution in [2.24, 2.45) is 0 Å². The molecule has 3 rings (SSSR count). The zero-order valence-corrected chi connectivity index (χ0v) is 28.1. The molecule has 206 valence electrons. The minimum atomic E-state index is -2.53. The SMILES string of the molecule is C=C(C)OC(=O)c1ccc([S][Bi]([S]c2ccc(C(=O)OC(=C)C)cc2)[S]c2ccc(C(=O)OC(=C)C)cc2)cc1. The van der Waals surface area contributed by atoms with E-state index in [0.717, 1.165) is 14.7 Å². The summed E-state index contributed by atoms with van der Waals surface area (Å²) in [4.78, 5) is 39.6. The molecule has 0 N–H and O–H groups in total. The molecule has 0 unspecified atom stereocenters. The van der Waals surface area contributed by atoms with Crippen molar-refractivity contribution in [1.82, 2.24) is 0 Å². The van der Waals surface area contributed by atoms with Gasteiger partial charge in [-0.3, -0.25) is 0 Å². The van der Waals surface area contributed by atoms with Gasteiger partial charge < -0.3 is 0 Å². The summed E-state index contributed by atoms with van der Waals surface area (Å²) in [5, 5.41) is 0. The van der Waals surface area contributed by atoms with Crippen molar-refractivity contribution < 1.29 is 28.6 Å². The summed E-state index contributed by atoms with van der Waals surface area (Å²) in [5.41, 5.74) is 1.36. The standard InChI is InChI=1S/3C10H10O2S.Bi/c3*1-7(2)12-10(11)8-3-5-9(13)6-4-8;/h3*3-6,13H,1H2,2H3;/q;;;+3/p-3. The molecule has 6 nitrogen and oxygen atoms in total. The summed E-state index contributed by atoms with van der Waals surface area (Å²) in [6.07, 6.45) is 0. The summed E-state index contributed by atoms with van der Waals surface area (Å²) in [6, 6.07) is 21.9. The summed E-state index contributed by atoms with van der Waals surface area (Å²) in [6.45, 7) is 15.7. The molecule has 40 heavy (non-hydrogen) atoms. The first kappa shape index (κ1) is 31.7. The van der Waals surface area contributed by atoms with Crippen molar-refractivity contribution in [3.05, 3.63) is 127 Å². The number of carbonyl (C=O) groups is 3. The molecule has 3 aromatic rings. The number of ether oxygens (including phenoxy) is 3. The third-order valence-electron chi connectivity index (χ3n) is 4.61. The molecule has 0 spiro atoms. The molecule has 0 heterocycles. The Labute approximate surface area is 249 Å². The number of esters is 3. The third-order valence-corrected chi connectivity index (χ3v) is 30.9. The molecule has 0 aliphatic heterocycles. The summed E-state index contributed by atoms with van der Waals surface area (Å²) in [7, 11) is 5.41. The molecule has 3 aromatic carbocycles. The molecule has 0 saturated heterocycles. The number of carbonyl (C=O) groups excluding carboxylic acids is 3. The summed E-state index contributed by atoms with van der Waals surface area (Å²) >= 11 is -2.53. The predicted molar refractivity (Wildman–Crippen MR) is 163 cm³/mol. The minimum absolute atomic E-state index is 0.338. The van der Waals surface area contributed by atoms with E-state index >= 15 is 0 Å². The van der Waals surface area contributed by atoms with Gasteiger partial charge in [0.1, 0.15) is 0 Å². The van der Waals surface area contributed by atoms with E-state index in [0.29, 0.717) is 34.0 Å². The average Bonchev–Trinajstić information content (AvgIpc) is 2.88. The van der Waals surface area contributed by atoms with E-state index < -0.39 is 35.3 Å². The number of rotatable bonds is 12. The zero-order valence-electron chi connectivity index (χ0n) is 22.2. The molecule has 0 bridgehead atoms. The summed E-state index contributed by atoms with van der Waals surface area (Å²) in [5.74, 6) is -0.312. The predicted octanol–water partition coefficient (Wildman–Crippen LogP) is 8.42. The first-order valence-electron chi connectivity index (χ1n) is 11.8. The van der Waals surface area contributed by atoms with Crippen LogP contribution in [-0.4, -0.2) is 35.3 Å². The second-order valence-corrected chi connectivity index (χ2v) is 34.1. The molecule has 0 aliphatic carbocycles. The molecule has 0 atom stereocenters. The van der Waals surface area contributed by atoms with Crippen molar-refractivity contribution in [2.75, 3.05) is 0 Å². The molecule has 0 amide bonds. The third kappa shape index (κ3) is 10.3. The van der Waals surface area contributed by atoms with Gasteiger partial charge in [0.25, 0.3) is 0 Å². The van der Waals surface area contributed by atoms with E-state index in [4.69, 9.17) is 14.2 Å². The Morgan fingerprint density at radius 2 is 0.725 bits per heavy atom. The van der Waals surface area contributed by atoms with Gasteiger partial charge in [0.05, 0.1) is 0 Å². The fourth-order valence-electron chi connectivity index (χ4n) is 2.92. The van der Waals surface area contributed by atoms with E-state index in [1.54, 1.807) is 82.7 Å². The van der Waals surface area contributed by atoms with E-state index in [2.05, 4.69) is 19.7 Å². The molecule has 0 radical (unpaired) electrons. The fraction of sp³-hybridized carbons (Fsp3) is 0.100. The van der Waals surface area contributed by atoms with Gasteiger partial charge in [-0.05, 0) is 0 Å². The normalized spacial score (nSPS) is 10.5. The van der Waals surface area contributed by atoms with Gasteiger partial charge in [0.2, 0.25) is 0 Å². The van der Waals surface area contributed by atoms with Crippen LogP contribution < -0.4 is 0 Å². The number of benzene rings is 3. The fourth-order valence-corrected chi connectivity index (χ4v) is 32.4. The van der Waals surface area contributed by atoms with Gasteiger partial charge in [-0.25, -0.2) is 0 Å². The van der Waals surface area contributed by atoms with Crippen LogP contribution in [0.15, 0.2) is 124 Å². The number of hydrogen-bond donors (Lipinski definition) is 0. The first-order chi connectivity index (χ1) is 19.0. The van der Waals surface area contributed by atoms with E-state index in [-0.39, 0.29) is 0 Å². The second kappa shape index (κ2) is 15.3. The molecular formula is C30H27BiO6S3. The molecule has 0 fully saturated rings. The Morgan fingerprint density at radius 1 is 0.500 bits per heavy atom. The van der Waals surface area contributed by atoms with Gasteiger partial charge in [-0.2, -0.15) is 0 Å². The van der Waals surface area contributed by atoms with Crippen LogP contribution in [-0.2, 0) is 14.2 Å². The van der Waals surface area contributed by atoms with Crippen molar-refractivity contribution in [1.29, 1.82) is 0 Å². The van der Waals surface area contributed by atoms with E-state index in [1.807, 2.05) is 36.4 Å². The van der Waals surface area contributed by atoms with Crippen LogP contribution >= 0.6 is 25.6 Å². The molecule has 0 aliphatic rings. The Kier molecular flexibility index (Phi) is 12.1. The number of allylic oxidation sites excluding steroid dienone is 3. The van der Waals surface area contributed by atoms with Crippen LogP contribution in [0.2, 0.25) is 0 Å². The molecule has 0 saturated carbocycles. The van der Waals surface area contributed by atoms with Gasteiger partial charge in [0, 0.05) is 0 Å². The Balaban J connectivity index is 1.79. The maximum atomic E-state index is 12.2. The van der Waals surface area contributed by atoms with Crippen LogP contribution in [0.25, 0.3) is 0 Å². The van der Waals surface area contributed by atoms with Crippen molar-refractivity contribution in [2.45, 2.75) is 35.5 Å². The topological polar surface area (TPSA) is 78.9 Å². The van der Waals surface area contributed by atoms with Gasteiger partial charge in [0.15, 0.2) is 0 Å². The van der Waals surface area contributed by atoms with Crippen LogP contribution in [0.1, 0.15) is 51.8 Å². The quantitative estimate of drug-likeness (QED) is 0.0779. The van der Waals surface area contributed by atoms with Crippen LogP contribution in [0.5, 0.6) is 0 Å². The summed E-state index contributed by atoms with van der Waals surface area (Å²) < 4.78 is 15.3. The Bertz CT molecular complexity index is 1240. The molecule has 10 heteroatoms.